The van der Waals surface area contributed by atoms with Gasteiger partial charge in [-0.05, 0) is 62.4 Å². The van der Waals surface area contributed by atoms with E-state index in [1.54, 1.807) is 0 Å². The second kappa shape index (κ2) is 9.44. The van der Waals surface area contributed by atoms with Gasteiger partial charge in [0.25, 0.3) is 0 Å². The van der Waals surface area contributed by atoms with Gasteiger partial charge in [-0.25, -0.2) is 4.39 Å². The molecule has 0 aliphatic carbocycles. The highest BCUT2D eigenvalue weighted by Crippen LogP contribution is 2.24. The first kappa shape index (κ1) is 16.8. The van der Waals surface area contributed by atoms with Gasteiger partial charge in [-0.3, -0.25) is 0 Å². The van der Waals surface area contributed by atoms with Crippen LogP contribution in [-0.4, -0.2) is 31.6 Å². The lowest BCUT2D eigenvalue weighted by atomic mass is 9.93. The molecule has 1 aromatic rings. The fourth-order valence-electron chi connectivity index (χ4n) is 2.67. The van der Waals surface area contributed by atoms with Gasteiger partial charge in [0.2, 0.25) is 0 Å². The van der Waals surface area contributed by atoms with E-state index in [1.165, 1.54) is 31.4 Å². The molecule has 1 N–H and O–H groups in total. The maximum Gasteiger partial charge on any atom is 0.123 e. The minimum atomic E-state index is -0.165. The van der Waals surface area contributed by atoms with Gasteiger partial charge in [-0.15, -0.1) is 11.8 Å². The zero-order valence-corrected chi connectivity index (χ0v) is 13.6. The quantitative estimate of drug-likeness (QED) is 0.730. The van der Waals surface area contributed by atoms with Crippen LogP contribution in [0.25, 0.3) is 0 Å². The van der Waals surface area contributed by atoms with Crippen molar-refractivity contribution < 1.29 is 9.13 Å². The average molecular weight is 311 g/mol. The topological polar surface area (TPSA) is 21.3 Å². The molecule has 21 heavy (non-hydrogen) atoms. The third-order valence-corrected chi connectivity index (χ3v) is 5.08. The van der Waals surface area contributed by atoms with Crippen LogP contribution in [-0.2, 0) is 4.74 Å². The van der Waals surface area contributed by atoms with Crippen LogP contribution < -0.4 is 5.32 Å². The summed E-state index contributed by atoms with van der Waals surface area (Å²) in [5.41, 5.74) is 0. The molecule has 1 atom stereocenters. The van der Waals surface area contributed by atoms with Crippen molar-refractivity contribution in [3.05, 3.63) is 30.1 Å². The predicted molar refractivity (Wildman–Crippen MR) is 87.4 cm³/mol. The number of hydrogen-bond donors (Lipinski definition) is 1. The molecule has 1 aromatic carbocycles. The fraction of sp³-hybridized carbons (Fsp3) is 0.647. The predicted octanol–water partition coefficient (Wildman–Crippen LogP) is 4.10. The Balaban J connectivity index is 1.81. The summed E-state index contributed by atoms with van der Waals surface area (Å²) in [7, 11) is 0. The maximum absolute atomic E-state index is 12.9. The standard InChI is InChI=1S/C17H26FNOS/c1-2-9-19-16(12-14-7-10-20-11-8-14)13-21-17-5-3-15(18)4-6-17/h3-6,14,16,19H,2,7-13H2,1H3. The van der Waals surface area contributed by atoms with Gasteiger partial charge in [0.15, 0.2) is 0 Å². The molecule has 4 heteroatoms. The van der Waals surface area contributed by atoms with Gasteiger partial charge < -0.3 is 10.1 Å². The molecule has 0 amide bonds. The van der Waals surface area contributed by atoms with Crippen LogP contribution in [0.1, 0.15) is 32.6 Å². The van der Waals surface area contributed by atoms with Gasteiger partial charge >= 0.3 is 0 Å². The first-order chi connectivity index (χ1) is 10.3. The van der Waals surface area contributed by atoms with Crippen LogP contribution in [0.5, 0.6) is 0 Å². The maximum atomic E-state index is 12.9. The molecule has 1 fully saturated rings. The Hall–Kier alpha value is -0.580. The van der Waals surface area contributed by atoms with Crippen molar-refractivity contribution in [2.45, 2.75) is 43.5 Å². The summed E-state index contributed by atoms with van der Waals surface area (Å²) in [6, 6.07) is 7.34. The number of hydrogen-bond acceptors (Lipinski definition) is 3. The van der Waals surface area contributed by atoms with Crippen LogP contribution in [0.3, 0.4) is 0 Å². The zero-order chi connectivity index (χ0) is 14.9. The summed E-state index contributed by atoms with van der Waals surface area (Å²) in [5.74, 6) is 1.66. The Morgan fingerprint density at radius 3 is 2.67 bits per heavy atom. The largest absolute Gasteiger partial charge is 0.381 e. The highest BCUT2D eigenvalue weighted by molar-refractivity contribution is 7.99. The van der Waals surface area contributed by atoms with Gasteiger partial charge in [-0.2, -0.15) is 0 Å². The van der Waals surface area contributed by atoms with E-state index in [9.17, 15) is 4.39 Å². The number of rotatable bonds is 8. The SMILES string of the molecule is CCCNC(CSc1ccc(F)cc1)CC1CCOCC1. The minimum Gasteiger partial charge on any atom is -0.381 e. The van der Waals surface area contributed by atoms with E-state index >= 15 is 0 Å². The Kier molecular flexibility index (Phi) is 7.54. The molecule has 118 valence electrons. The third kappa shape index (κ3) is 6.37. The second-order valence-corrected chi connectivity index (χ2v) is 6.80. The van der Waals surface area contributed by atoms with Gasteiger partial charge in [0, 0.05) is 29.9 Å². The number of nitrogens with one attached hydrogen (secondary N) is 1. The molecule has 2 rings (SSSR count). The second-order valence-electron chi connectivity index (χ2n) is 5.71. The van der Waals surface area contributed by atoms with E-state index in [1.807, 2.05) is 23.9 Å². The molecule has 0 saturated carbocycles. The van der Waals surface area contributed by atoms with Crippen LogP contribution in [0.2, 0.25) is 0 Å². The summed E-state index contributed by atoms with van der Waals surface area (Å²) < 4.78 is 18.4. The number of thioether (sulfide) groups is 1. The van der Waals surface area contributed by atoms with Crippen molar-refractivity contribution in [2.24, 2.45) is 5.92 Å². The van der Waals surface area contributed by atoms with Crippen LogP contribution in [0.15, 0.2) is 29.2 Å². The average Bonchev–Trinajstić information content (AvgIpc) is 2.52. The van der Waals surface area contributed by atoms with Crippen LogP contribution >= 0.6 is 11.8 Å². The summed E-state index contributed by atoms with van der Waals surface area (Å²) in [4.78, 5) is 1.15. The van der Waals surface area contributed by atoms with Crippen molar-refractivity contribution in [1.29, 1.82) is 0 Å². The molecule has 1 unspecified atom stereocenters. The molecule has 0 radical (unpaired) electrons. The molecule has 1 aliphatic heterocycles. The van der Waals surface area contributed by atoms with E-state index < -0.39 is 0 Å². The molecule has 0 aromatic heterocycles. The van der Waals surface area contributed by atoms with E-state index in [0.717, 1.165) is 42.7 Å². The smallest absolute Gasteiger partial charge is 0.123 e. The van der Waals surface area contributed by atoms with Crippen LogP contribution in [0, 0.1) is 11.7 Å². The molecule has 1 heterocycles. The van der Waals surface area contributed by atoms with E-state index in [0.29, 0.717) is 6.04 Å². The molecular formula is C17H26FNOS. The normalized spacial score (nSPS) is 17.8. The van der Waals surface area contributed by atoms with Gasteiger partial charge in [-0.1, -0.05) is 6.92 Å². The van der Waals surface area contributed by atoms with Crippen molar-refractivity contribution in [1.82, 2.24) is 5.32 Å². The Morgan fingerprint density at radius 1 is 1.29 bits per heavy atom. The van der Waals surface area contributed by atoms with E-state index in [4.69, 9.17) is 4.74 Å². The summed E-state index contributed by atoms with van der Waals surface area (Å²) in [6.07, 6.45) is 4.75. The first-order valence-electron chi connectivity index (χ1n) is 7.97. The fourth-order valence-corrected chi connectivity index (χ4v) is 3.65. The Labute approximate surface area is 131 Å². The Bertz CT molecular complexity index is 392. The van der Waals surface area contributed by atoms with Gasteiger partial charge in [0.1, 0.15) is 5.82 Å². The molecular weight excluding hydrogens is 285 g/mol. The lowest BCUT2D eigenvalue weighted by molar-refractivity contribution is 0.0613. The highest BCUT2D eigenvalue weighted by atomic mass is 32.2. The van der Waals surface area contributed by atoms with Crippen molar-refractivity contribution >= 4 is 11.8 Å². The van der Waals surface area contributed by atoms with Crippen molar-refractivity contribution in [3.63, 3.8) is 0 Å². The van der Waals surface area contributed by atoms with Crippen molar-refractivity contribution in [2.75, 3.05) is 25.5 Å². The lowest BCUT2D eigenvalue weighted by Gasteiger charge is -2.27. The third-order valence-electron chi connectivity index (χ3n) is 3.91. The molecule has 0 spiro atoms. The molecule has 1 aliphatic rings. The monoisotopic (exact) mass is 311 g/mol. The Morgan fingerprint density at radius 2 is 2.00 bits per heavy atom. The number of ether oxygens (including phenoxy) is 1. The summed E-state index contributed by atoms with van der Waals surface area (Å²) in [5, 5.41) is 3.66. The van der Waals surface area contributed by atoms with E-state index in [-0.39, 0.29) is 5.82 Å². The molecule has 2 nitrogen and oxygen atoms in total. The first-order valence-corrected chi connectivity index (χ1v) is 8.96. The van der Waals surface area contributed by atoms with Crippen LogP contribution in [0.4, 0.5) is 4.39 Å². The zero-order valence-electron chi connectivity index (χ0n) is 12.8. The van der Waals surface area contributed by atoms with E-state index in [2.05, 4.69) is 12.2 Å². The number of halogens is 1. The highest BCUT2D eigenvalue weighted by Gasteiger charge is 2.19. The summed E-state index contributed by atoms with van der Waals surface area (Å²) >= 11 is 1.82. The lowest BCUT2D eigenvalue weighted by Crippen LogP contribution is -2.35. The van der Waals surface area contributed by atoms with Crippen molar-refractivity contribution in [3.8, 4) is 0 Å². The molecule has 0 bridgehead atoms. The minimum absolute atomic E-state index is 0.165. The molecule has 1 saturated heterocycles. The van der Waals surface area contributed by atoms with Gasteiger partial charge in [0.05, 0.1) is 0 Å². The number of benzene rings is 1. The summed E-state index contributed by atoms with van der Waals surface area (Å²) in [6.45, 7) is 5.09.